The Morgan fingerprint density at radius 1 is 0.702 bits per heavy atom. The Kier molecular flexibility index (Phi) is 9.73. The maximum absolute atomic E-state index is 6.32. The lowest BCUT2D eigenvalue weighted by atomic mass is 9.76. The standard InChI is InChI=1S/C39H46BN5O2/c1-30(31-20-10-6-11-21-31)45-36(42-43-44-45)35(28-18-19-29-40-46-37(2,3)38(4,5)47-40)41-39(32-22-12-7-13-23-32,33-24-14-8-15-25-33)34-26-16-9-17-27-34/h6-17,20-27,30,35,41H,18-19,28-29H2,1-5H3. The zero-order valence-corrected chi connectivity index (χ0v) is 28.2. The van der Waals surface area contributed by atoms with Gasteiger partial charge in [0.1, 0.15) is 0 Å². The highest BCUT2D eigenvalue weighted by atomic mass is 16.7. The van der Waals surface area contributed by atoms with Crippen LogP contribution in [0, 0.1) is 0 Å². The fourth-order valence-corrected chi connectivity index (χ4v) is 6.66. The molecule has 2 atom stereocenters. The number of hydrogen-bond donors (Lipinski definition) is 1. The van der Waals surface area contributed by atoms with E-state index in [0.717, 1.165) is 53.7 Å². The van der Waals surface area contributed by atoms with Gasteiger partial charge < -0.3 is 9.31 Å². The Morgan fingerprint density at radius 3 is 1.66 bits per heavy atom. The molecule has 0 bridgehead atoms. The molecule has 0 saturated carbocycles. The third-order valence-electron chi connectivity index (χ3n) is 9.97. The Morgan fingerprint density at radius 2 is 1.17 bits per heavy atom. The van der Waals surface area contributed by atoms with Crippen LogP contribution in [0.1, 0.15) is 94.0 Å². The largest absolute Gasteiger partial charge is 0.457 e. The minimum atomic E-state index is -0.674. The van der Waals surface area contributed by atoms with Crippen LogP contribution in [0.4, 0.5) is 0 Å². The summed E-state index contributed by atoms with van der Waals surface area (Å²) in [6, 6.07) is 42.3. The molecule has 1 N–H and O–H groups in total. The molecule has 0 aliphatic carbocycles. The summed E-state index contributed by atoms with van der Waals surface area (Å²) in [7, 11) is -0.216. The molecule has 1 aliphatic heterocycles. The van der Waals surface area contributed by atoms with E-state index in [1.54, 1.807) is 0 Å². The summed E-state index contributed by atoms with van der Waals surface area (Å²) in [5.74, 6) is 0.809. The Hall–Kier alpha value is -4.11. The molecule has 0 spiro atoms. The lowest BCUT2D eigenvalue weighted by Crippen LogP contribution is -2.47. The molecule has 1 aliphatic rings. The van der Waals surface area contributed by atoms with Crippen LogP contribution in [0.2, 0.25) is 6.32 Å². The number of aromatic nitrogens is 4. The molecule has 7 nitrogen and oxygen atoms in total. The maximum Gasteiger partial charge on any atom is 0.457 e. The van der Waals surface area contributed by atoms with E-state index in [-0.39, 0.29) is 30.4 Å². The lowest BCUT2D eigenvalue weighted by molar-refractivity contribution is 0.00578. The molecule has 1 saturated heterocycles. The van der Waals surface area contributed by atoms with E-state index >= 15 is 0 Å². The number of benzene rings is 4. The minimum absolute atomic E-state index is 0.0465. The van der Waals surface area contributed by atoms with Crippen LogP contribution in [0.25, 0.3) is 0 Å². The van der Waals surface area contributed by atoms with Gasteiger partial charge in [-0.15, -0.1) is 5.10 Å². The molecule has 4 aromatic carbocycles. The molecule has 5 aromatic rings. The molecule has 0 radical (unpaired) electrons. The highest BCUT2D eigenvalue weighted by Gasteiger charge is 2.50. The fraction of sp³-hybridized carbons (Fsp3) is 0.359. The van der Waals surface area contributed by atoms with Crippen molar-refractivity contribution in [3.05, 3.63) is 149 Å². The van der Waals surface area contributed by atoms with E-state index in [2.05, 4.69) is 166 Å². The van der Waals surface area contributed by atoms with Crippen molar-refractivity contribution in [2.24, 2.45) is 0 Å². The normalized spacial score (nSPS) is 17.0. The first-order valence-electron chi connectivity index (χ1n) is 16.8. The highest BCUT2D eigenvalue weighted by molar-refractivity contribution is 6.45. The summed E-state index contributed by atoms with van der Waals surface area (Å²) < 4.78 is 14.6. The molecule has 47 heavy (non-hydrogen) atoms. The maximum atomic E-state index is 6.32. The van der Waals surface area contributed by atoms with Gasteiger partial charge >= 0.3 is 7.12 Å². The summed E-state index contributed by atoms with van der Waals surface area (Å²) in [6.07, 6.45) is 3.52. The summed E-state index contributed by atoms with van der Waals surface area (Å²) in [5.41, 5.74) is 3.25. The Labute approximate surface area is 279 Å². The van der Waals surface area contributed by atoms with Crippen molar-refractivity contribution in [3.8, 4) is 0 Å². The average molecular weight is 628 g/mol. The molecule has 2 heterocycles. The lowest BCUT2D eigenvalue weighted by Gasteiger charge is -2.40. The Bertz CT molecular complexity index is 1580. The van der Waals surface area contributed by atoms with E-state index in [1.807, 2.05) is 10.7 Å². The topological polar surface area (TPSA) is 74.1 Å². The molecule has 1 fully saturated rings. The van der Waals surface area contributed by atoms with E-state index in [9.17, 15) is 0 Å². The zero-order valence-electron chi connectivity index (χ0n) is 28.2. The molecule has 6 rings (SSSR count). The van der Waals surface area contributed by atoms with Crippen molar-refractivity contribution < 1.29 is 9.31 Å². The number of nitrogens with one attached hydrogen (secondary N) is 1. The second-order valence-electron chi connectivity index (χ2n) is 13.6. The van der Waals surface area contributed by atoms with Crippen molar-refractivity contribution in [3.63, 3.8) is 0 Å². The molecule has 2 unspecified atom stereocenters. The number of unbranched alkanes of at least 4 members (excludes halogenated alkanes) is 1. The monoisotopic (exact) mass is 627 g/mol. The summed E-state index contributed by atoms with van der Waals surface area (Å²) in [6.45, 7) is 10.6. The van der Waals surface area contributed by atoms with Gasteiger partial charge in [0.15, 0.2) is 5.82 Å². The molecule has 242 valence electrons. The van der Waals surface area contributed by atoms with Gasteiger partial charge in [0.05, 0.1) is 28.8 Å². The van der Waals surface area contributed by atoms with Gasteiger partial charge in [0.2, 0.25) is 0 Å². The summed E-state index contributed by atoms with van der Waals surface area (Å²) in [4.78, 5) is 0. The second kappa shape index (κ2) is 13.9. The second-order valence-corrected chi connectivity index (χ2v) is 13.6. The quantitative estimate of drug-likeness (QED) is 0.0807. The van der Waals surface area contributed by atoms with Crippen LogP contribution >= 0.6 is 0 Å². The third kappa shape index (κ3) is 6.82. The van der Waals surface area contributed by atoms with Crippen LogP contribution in [0.15, 0.2) is 121 Å². The van der Waals surface area contributed by atoms with Crippen molar-refractivity contribution in [1.82, 2.24) is 25.5 Å². The summed E-state index contributed by atoms with van der Waals surface area (Å²) in [5, 5.41) is 17.7. The molecular weight excluding hydrogens is 581 g/mol. The number of nitrogens with zero attached hydrogens (tertiary/aromatic N) is 4. The molecular formula is C39H46BN5O2. The van der Waals surface area contributed by atoms with Gasteiger partial charge in [-0.2, -0.15) is 0 Å². The van der Waals surface area contributed by atoms with Crippen molar-refractivity contribution >= 4 is 7.12 Å². The molecule has 0 amide bonds. The predicted molar refractivity (Wildman–Crippen MR) is 188 cm³/mol. The first-order valence-corrected chi connectivity index (χ1v) is 16.8. The van der Waals surface area contributed by atoms with Gasteiger partial charge in [0.25, 0.3) is 0 Å². The van der Waals surface area contributed by atoms with Crippen LogP contribution in [-0.4, -0.2) is 38.5 Å². The molecule has 8 heteroatoms. The SMILES string of the molecule is CC(c1ccccc1)n1nnnc1C(CCCCB1OC(C)(C)C(C)(C)O1)NC(c1ccccc1)(c1ccccc1)c1ccccc1. The summed E-state index contributed by atoms with van der Waals surface area (Å²) >= 11 is 0. The van der Waals surface area contributed by atoms with Gasteiger partial charge in [-0.3, -0.25) is 5.32 Å². The zero-order chi connectivity index (χ0) is 32.9. The van der Waals surface area contributed by atoms with E-state index < -0.39 is 5.54 Å². The van der Waals surface area contributed by atoms with Crippen LogP contribution in [0.5, 0.6) is 0 Å². The predicted octanol–water partition coefficient (Wildman–Crippen LogP) is 8.17. The van der Waals surface area contributed by atoms with E-state index in [1.165, 1.54) is 0 Å². The first-order chi connectivity index (χ1) is 22.7. The number of hydrogen-bond acceptors (Lipinski definition) is 6. The van der Waals surface area contributed by atoms with Gasteiger partial charge in [-0.1, -0.05) is 134 Å². The van der Waals surface area contributed by atoms with Gasteiger partial charge in [-0.05, 0) is 80.0 Å². The average Bonchev–Trinajstić information content (AvgIpc) is 3.66. The van der Waals surface area contributed by atoms with Gasteiger partial charge in [-0.25, -0.2) is 4.68 Å². The van der Waals surface area contributed by atoms with E-state index in [0.29, 0.717) is 0 Å². The third-order valence-corrected chi connectivity index (χ3v) is 9.97. The van der Waals surface area contributed by atoms with Crippen LogP contribution in [-0.2, 0) is 14.8 Å². The van der Waals surface area contributed by atoms with Crippen LogP contribution < -0.4 is 5.32 Å². The van der Waals surface area contributed by atoms with Crippen molar-refractivity contribution in [2.45, 2.75) is 89.0 Å². The fourth-order valence-electron chi connectivity index (χ4n) is 6.66. The highest BCUT2D eigenvalue weighted by Crippen LogP contribution is 2.41. The minimum Gasteiger partial charge on any atom is -0.403 e. The van der Waals surface area contributed by atoms with Crippen molar-refractivity contribution in [1.29, 1.82) is 0 Å². The van der Waals surface area contributed by atoms with E-state index in [4.69, 9.17) is 14.4 Å². The number of tetrazole rings is 1. The first kappa shape index (κ1) is 32.8. The Balaban J connectivity index is 1.39. The van der Waals surface area contributed by atoms with Crippen LogP contribution in [0.3, 0.4) is 0 Å². The number of rotatable bonds is 13. The smallest absolute Gasteiger partial charge is 0.403 e. The van der Waals surface area contributed by atoms with Gasteiger partial charge in [0, 0.05) is 0 Å². The van der Waals surface area contributed by atoms with Crippen molar-refractivity contribution in [2.75, 3.05) is 0 Å². The molecule has 1 aromatic heterocycles.